The highest BCUT2D eigenvalue weighted by atomic mass is 16.2. The topological polar surface area (TPSA) is 71.1 Å². The summed E-state index contributed by atoms with van der Waals surface area (Å²) in [7, 11) is 0. The van der Waals surface area contributed by atoms with Crippen LogP contribution in [0.15, 0.2) is 55.4 Å². The van der Waals surface area contributed by atoms with Gasteiger partial charge in [0.15, 0.2) is 0 Å². The lowest BCUT2D eigenvalue weighted by Gasteiger charge is -2.07. The molecule has 0 saturated carbocycles. The van der Waals surface area contributed by atoms with Gasteiger partial charge in [0, 0.05) is 24.6 Å². The number of rotatable bonds is 5. The van der Waals surface area contributed by atoms with E-state index in [1.165, 1.54) is 18.5 Å². The number of anilines is 1. The van der Waals surface area contributed by atoms with Crippen molar-refractivity contribution in [2.45, 2.75) is 6.92 Å². The molecular formula is C17H17N3O2. The molecule has 0 spiro atoms. The molecule has 1 aromatic heterocycles. The van der Waals surface area contributed by atoms with Crippen molar-refractivity contribution in [1.29, 1.82) is 0 Å². The van der Waals surface area contributed by atoms with E-state index in [1.54, 1.807) is 6.08 Å². The molecule has 2 N–H and O–H groups in total. The highest BCUT2D eigenvalue weighted by Crippen LogP contribution is 2.11. The Labute approximate surface area is 129 Å². The SMILES string of the molecule is C=CCNC(=O)c1cncc(C(=O)Nc2ccc(C)cc2)c1. The van der Waals surface area contributed by atoms with E-state index in [0.717, 1.165) is 5.56 Å². The number of carbonyl (C=O) groups excluding carboxylic acids is 2. The second-order valence-corrected chi connectivity index (χ2v) is 4.78. The largest absolute Gasteiger partial charge is 0.349 e. The van der Waals surface area contributed by atoms with Crippen molar-refractivity contribution in [2.75, 3.05) is 11.9 Å². The van der Waals surface area contributed by atoms with E-state index in [-0.39, 0.29) is 11.8 Å². The number of nitrogens with one attached hydrogen (secondary N) is 2. The first kappa shape index (κ1) is 15.4. The number of hydrogen-bond donors (Lipinski definition) is 2. The summed E-state index contributed by atoms with van der Waals surface area (Å²) in [5, 5.41) is 5.41. The molecule has 0 radical (unpaired) electrons. The van der Waals surface area contributed by atoms with Crippen LogP contribution < -0.4 is 10.6 Å². The van der Waals surface area contributed by atoms with Crippen LogP contribution in [0.3, 0.4) is 0 Å². The molecule has 1 heterocycles. The van der Waals surface area contributed by atoms with Gasteiger partial charge >= 0.3 is 0 Å². The number of carbonyl (C=O) groups is 2. The summed E-state index contributed by atoms with van der Waals surface area (Å²) in [5.41, 5.74) is 2.46. The van der Waals surface area contributed by atoms with Crippen LogP contribution in [0.5, 0.6) is 0 Å². The maximum absolute atomic E-state index is 12.2. The fourth-order valence-corrected chi connectivity index (χ4v) is 1.80. The highest BCUT2D eigenvalue weighted by Gasteiger charge is 2.11. The third kappa shape index (κ3) is 4.02. The zero-order valence-corrected chi connectivity index (χ0v) is 12.3. The van der Waals surface area contributed by atoms with E-state index in [9.17, 15) is 9.59 Å². The Bertz CT molecular complexity index is 693. The minimum atomic E-state index is -0.310. The van der Waals surface area contributed by atoms with Crippen LogP contribution in [-0.2, 0) is 0 Å². The van der Waals surface area contributed by atoms with Gasteiger partial charge in [-0.2, -0.15) is 0 Å². The first-order chi connectivity index (χ1) is 10.6. The molecule has 0 unspecified atom stereocenters. The summed E-state index contributed by atoms with van der Waals surface area (Å²) in [6.45, 7) is 5.86. The van der Waals surface area contributed by atoms with Gasteiger partial charge in [-0.1, -0.05) is 23.8 Å². The number of aromatic nitrogens is 1. The monoisotopic (exact) mass is 295 g/mol. The molecule has 112 valence electrons. The average Bonchev–Trinajstić information content (AvgIpc) is 2.54. The third-order valence-electron chi connectivity index (χ3n) is 2.98. The van der Waals surface area contributed by atoms with Crippen LogP contribution in [0.25, 0.3) is 0 Å². The zero-order valence-electron chi connectivity index (χ0n) is 12.3. The summed E-state index contributed by atoms with van der Waals surface area (Å²) in [6.07, 6.45) is 4.42. The van der Waals surface area contributed by atoms with E-state index in [1.807, 2.05) is 31.2 Å². The smallest absolute Gasteiger partial charge is 0.257 e. The Morgan fingerprint density at radius 2 is 1.77 bits per heavy atom. The highest BCUT2D eigenvalue weighted by molar-refractivity contribution is 6.05. The predicted octanol–water partition coefficient (Wildman–Crippen LogP) is 2.56. The average molecular weight is 295 g/mol. The fourth-order valence-electron chi connectivity index (χ4n) is 1.80. The van der Waals surface area contributed by atoms with E-state index in [2.05, 4.69) is 22.2 Å². The first-order valence-electron chi connectivity index (χ1n) is 6.82. The molecule has 0 atom stereocenters. The normalized spacial score (nSPS) is 9.86. The number of nitrogens with zero attached hydrogens (tertiary/aromatic N) is 1. The third-order valence-corrected chi connectivity index (χ3v) is 2.98. The Kier molecular flexibility index (Phi) is 5.03. The molecule has 0 aliphatic heterocycles. The Balaban J connectivity index is 2.11. The molecule has 2 amide bonds. The molecule has 1 aromatic carbocycles. The summed E-state index contributed by atoms with van der Waals surface area (Å²) < 4.78 is 0. The second-order valence-electron chi connectivity index (χ2n) is 4.78. The van der Waals surface area contributed by atoms with Crippen LogP contribution in [0.1, 0.15) is 26.3 Å². The zero-order chi connectivity index (χ0) is 15.9. The lowest BCUT2D eigenvalue weighted by molar-refractivity contribution is 0.0957. The van der Waals surface area contributed by atoms with Gasteiger partial charge in [0.2, 0.25) is 0 Å². The van der Waals surface area contributed by atoms with Gasteiger partial charge < -0.3 is 10.6 Å². The lowest BCUT2D eigenvalue weighted by Crippen LogP contribution is -2.24. The number of pyridine rings is 1. The Hall–Kier alpha value is -2.95. The first-order valence-corrected chi connectivity index (χ1v) is 6.82. The van der Waals surface area contributed by atoms with Gasteiger partial charge in [-0.25, -0.2) is 0 Å². The minimum Gasteiger partial charge on any atom is -0.349 e. The molecule has 5 heteroatoms. The molecule has 0 aliphatic carbocycles. The van der Waals surface area contributed by atoms with Gasteiger partial charge in [-0.05, 0) is 25.1 Å². The molecule has 22 heavy (non-hydrogen) atoms. The van der Waals surface area contributed by atoms with Gasteiger partial charge in [0.25, 0.3) is 11.8 Å². The van der Waals surface area contributed by atoms with Gasteiger partial charge in [-0.15, -0.1) is 6.58 Å². The molecule has 0 fully saturated rings. The minimum absolute atomic E-state index is 0.294. The van der Waals surface area contributed by atoms with Crippen LogP contribution in [0, 0.1) is 6.92 Å². The summed E-state index contributed by atoms with van der Waals surface area (Å²) in [6, 6.07) is 8.97. The van der Waals surface area contributed by atoms with E-state index in [0.29, 0.717) is 23.4 Å². The molecule has 2 aromatic rings. The van der Waals surface area contributed by atoms with Crippen molar-refractivity contribution in [3.05, 3.63) is 72.1 Å². The van der Waals surface area contributed by atoms with Crippen LogP contribution in [-0.4, -0.2) is 23.3 Å². The van der Waals surface area contributed by atoms with E-state index in [4.69, 9.17) is 0 Å². The molecule has 5 nitrogen and oxygen atoms in total. The van der Waals surface area contributed by atoms with Gasteiger partial charge in [0.1, 0.15) is 0 Å². The van der Waals surface area contributed by atoms with Crippen LogP contribution in [0.4, 0.5) is 5.69 Å². The van der Waals surface area contributed by atoms with Crippen molar-refractivity contribution in [3.63, 3.8) is 0 Å². The molecule has 0 aliphatic rings. The van der Waals surface area contributed by atoms with Crippen molar-refractivity contribution < 1.29 is 9.59 Å². The number of hydrogen-bond acceptors (Lipinski definition) is 3. The standard InChI is InChI=1S/C17H17N3O2/c1-3-8-19-16(21)13-9-14(11-18-10-13)17(22)20-15-6-4-12(2)5-7-15/h3-7,9-11H,1,8H2,2H3,(H,19,21)(H,20,22). The van der Waals surface area contributed by atoms with Crippen molar-refractivity contribution in [2.24, 2.45) is 0 Å². The maximum Gasteiger partial charge on any atom is 0.257 e. The Morgan fingerprint density at radius 1 is 1.14 bits per heavy atom. The fraction of sp³-hybridized carbons (Fsp3) is 0.118. The van der Waals surface area contributed by atoms with Crippen molar-refractivity contribution in [3.8, 4) is 0 Å². The van der Waals surface area contributed by atoms with E-state index >= 15 is 0 Å². The maximum atomic E-state index is 12.2. The summed E-state index contributed by atoms with van der Waals surface area (Å²) in [4.78, 5) is 28.0. The van der Waals surface area contributed by atoms with Crippen molar-refractivity contribution >= 4 is 17.5 Å². The Morgan fingerprint density at radius 3 is 2.41 bits per heavy atom. The van der Waals surface area contributed by atoms with Crippen molar-refractivity contribution in [1.82, 2.24) is 10.3 Å². The number of amides is 2. The lowest BCUT2D eigenvalue weighted by atomic mass is 10.1. The summed E-state index contributed by atoms with van der Waals surface area (Å²) in [5.74, 6) is -0.605. The van der Waals surface area contributed by atoms with Gasteiger partial charge in [0.05, 0.1) is 11.1 Å². The molecular weight excluding hydrogens is 278 g/mol. The number of benzene rings is 1. The quantitative estimate of drug-likeness (QED) is 0.833. The molecule has 2 rings (SSSR count). The van der Waals surface area contributed by atoms with Gasteiger partial charge in [-0.3, -0.25) is 14.6 Å². The van der Waals surface area contributed by atoms with E-state index < -0.39 is 0 Å². The predicted molar refractivity (Wildman–Crippen MR) is 85.9 cm³/mol. The van der Waals surface area contributed by atoms with Crippen LogP contribution >= 0.6 is 0 Å². The molecule has 0 bridgehead atoms. The second kappa shape index (κ2) is 7.17. The van der Waals surface area contributed by atoms with Crippen LogP contribution in [0.2, 0.25) is 0 Å². The number of aryl methyl sites for hydroxylation is 1. The summed E-state index contributed by atoms with van der Waals surface area (Å²) >= 11 is 0. The molecule has 0 saturated heterocycles.